The quantitative estimate of drug-likeness (QED) is 0.775. The van der Waals surface area contributed by atoms with E-state index in [-0.39, 0.29) is 5.92 Å². The number of nitrogens with one attached hydrogen (secondary N) is 2. The number of hydrogen-bond donors (Lipinski definition) is 3. The van der Waals surface area contributed by atoms with Crippen molar-refractivity contribution >= 4 is 40.9 Å². The maximum Gasteiger partial charge on any atom is 0.326 e. The van der Waals surface area contributed by atoms with Crippen LogP contribution in [0, 0.1) is 5.92 Å². The van der Waals surface area contributed by atoms with Crippen molar-refractivity contribution in [3.63, 3.8) is 0 Å². The van der Waals surface area contributed by atoms with Gasteiger partial charge in [0.25, 0.3) is 0 Å². The van der Waals surface area contributed by atoms with Gasteiger partial charge in [0.2, 0.25) is 0 Å². The van der Waals surface area contributed by atoms with E-state index in [2.05, 4.69) is 10.6 Å². The molecule has 0 saturated heterocycles. The van der Waals surface area contributed by atoms with Crippen LogP contribution in [0.15, 0.2) is 18.2 Å². The predicted octanol–water partition coefficient (Wildman–Crippen LogP) is 3.61. The summed E-state index contributed by atoms with van der Waals surface area (Å²) in [5, 5.41) is 14.7. The molecular formula is C13H16Cl2N2O3. The van der Waals surface area contributed by atoms with Gasteiger partial charge in [-0.05, 0) is 30.5 Å². The average Bonchev–Trinajstić information content (AvgIpc) is 2.25. The van der Waals surface area contributed by atoms with Gasteiger partial charge in [0.05, 0.1) is 0 Å². The number of hydrogen-bond acceptors (Lipinski definition) is 2. The Morgan fingerprint density at radius 2 is 1.75 bits per heavy atom. The number of halogens is 2. The first-order valence-corrected chi connectivity index (χ1v) is 6.80. The van der Waals surface area contributed by atoms with Gasteiger partial charge in [-0.3, -0.25) is 0 Å². The third-order valence-corrected chi connectivity index (χ3v) is 2.87. The van der Waals surface area contributed by atoms with Gasteiger partial charge in [-0.2, -0.15) is 0 Å². The molecule has 2 amide bonds. The van der Waals surface area contributed by atoms with Crippen LogP contribution in [0.2, 0.25) is 10.0 Å². The van der Waals surface area contributed by atoms with E-state index in [1.807, 2.05) is 13.8 Å². The molecule has 0 heterocycles. The van der Waals surface area contributed by atoms with E-state index in [0.29, 0.717) is 22.2 Å². The zero-order valence-corrected chi connectivity index (χ0v) is 12.6. The molecule has 7 heteroatoms. The lowest BCUT2D eigenvalue weighted by atomic mass is 10.0. The Labute approximate surface area is 127 Å². The van der Waals surface area contributed by atoms with Crippen LogP contribution in [0.4, 0.5) is 10.5 Å². The standard InChI is InChI=1S/C13H16Cl2N2O3/c1-7(2)3-11(12(18)19)17-13(20)16-10-5-8(14)4-9(15)6-10/h4-7,11H,3H2,1-2H3,(H,18,19)(H2,16,17,20)/t11-/m1/s1. The van der Waals surface area contributed by atoms with Crippen LogP contribution in [0.3, 0.4) is 0 Å². The molecule has 1 atom stereocenters. The Morgan fingerprint density at radius 3 is 2.20 bits per heavy atom. The Balaban J connectivity index is 2.68. The summed E-state index contributed by atoms with van der Waals surface area (Å²) in [6.07, 6.45) is 0.346. The third-order valence-electron chi connectivity index (χ3n) is 2.43. The van der Waals surface area contributed by atoms with Gasteiger partial charge in [-0.1, -0.05) is 37.0 Å². The third kappa shape index (κ3) is 5.67. The molecular weight excluding hydrogens is 303 g/mol. The second-order valence-corrected chi connectivity index (χ2v) is 5.65. The lowest BCUT2D eigenvalue weighted by molar-refractivity contribution is -0.139. The summed E-state index contributed by atoms with van der Waals surface area (Å²) in [6, 6.07) is 3.02. The lowest BCUT2D eigenvalue weighted by Gasteiger charge is -2.17. The number of carbonyl (C=O) groups is 2. The smallest absolute Gasteiger partial charge is 0.326 e. The van der Waals surface area contributed by atoms with Gasteiger partial charge in [0.15, 0.2) is 0 Å². The number of rotatable bonds is 5. The molecule has 3 N–H and O–H groups in total. The highest BCUT2D eigenvalue weighted by Crippen LogP contribution is 2.22. The summed E-state index contributed by atoms with van der Waals surface area (Å²) in [7, 11) is 0. The van der Waals surface area contributed by atoms with Crippen LogP contribution in [-0.2, 0) is 4.79 Å². The largest absolute Gasteiger partial charge is 0.480 e. The molecule has 0 aliphatic heterocycles. The highest BCUT2D eigenvalue weighted by Gasteiger charge is 2.21. The Kier molecular flexibility index (Phi) is 6.10. The van der Waals surface area contributed by atoms with E-state index in [1.54, 1.807) is 0 Å². The number of carboxylic acid groups (broad SMARTS) is 1. The van der Waals surface area contributed by atoms with Crippen LogP contribution in [-0.4, -0.2) is 23.1 Å². The second kappa shape index (κ2) is 7.36. The highest BCUT2D eigenvalue weighted by molar-refractivity contribution is 6.35. The highest BCUT2D eigenvalue weighted by atomic mass is 35.5. The van der Waals surface area contributed by atoms with E-state index >= 15 is 0 Å². The maximum atomic E-state index is 11.8. The first-order chi connectivity index (χ1) is 9.27. The zero-order chi connectivity index (χ0) is 15.3. The summed E-state index contributed by atoms with van der Waals surface area (Å²) in [5.41, 5.74) is 0.397. The van der Waals surface area contributed by atoms with Crippen molar-refractivity contribution in [3.8, 4) is 0 Å². The van der Waals surface area contributed by atoms with Crippen molar-refractivity contribution in [1.29, 1.82) is 0 Å². The molecule has 5 nitrogen and oxygen atoms in total. The average molecular weight is 319 g/mol. The molecule has 0 bridgehead atoms. The maximum absolute atomic E-state index is 11.8. The minimum atomic E-state index is -1.07. The lowest BCUT2D eigenvalue weighted by Crippen LogP contribution is -2.43. The molecule has 20 heavy (non-hydrogen) atoms. The van der Waals surface area contributed by atoms with Gasteiger partial charge < -0.3 is 15.7 Å². The topological polar surface area (TPSA) is 78.4 Å². The van der Waals surface area contributed by atoms with Gasteiger partial charge in [0, 0.05) is 15.7 Å². The van der Waals surface area contributed by atoms with Crippen molar-refractivity contribution in [2.75, 3.05) is 5.32 Å². The monoisotopic (exact) mass is 318 g/mol. The number of aliphatic carboxylic acids is 1. The van der Waals surface area contributed by atoms with Crippen molar-refractivity contribution in [2.45, 2.75) is 26.3 Å². The molecule has 0 radical (unpaired) electrons. The van der Waals surface area contributed by atoms with Crippen LogP contribution < -0.4 is 10.6 Å². The van der Waals surface area contributed by atoms with E-state index in [0.717, 1.165) is 0 Å². The minimum absolute atomic E-state index is 0.150. The van der Waals surface area contributed by atoms with E-state index in [4.69, 9.17) is 28.3 Å². The summed E-state index contributed by atoms with van der Waals surface area (Å²) in [4.78, 5) is 22.8. The SMILES string of the molecule is CC(C)C[C@@H](NC(=O)Nc1cc(Cl)cc(Cl)c1)C(=O)O. The number of carboxylic acids is 1. The van der Waals surface area contributed by atoms with Crippen LogP contribution in [0.5, 0.6) is 0 Å². The fourth-order valence-corrected chi connectivity index (χ4v) is 2.17. The number of carbonyl (C=O) groups excluding carboxylic acids is 1. The fourth-order valence-electron chi connectivity index (χ4n) is 1.64. The molecule has 0 saturated carbocycles. The van der Waals surface area contributed by atoms with Crippen LogP contribution in [0.1, 0.15) is 20.3 Å². The molecule has 0 aliphatic carbocycles. The second-order valence-electron chi connectivity index (χ2n) is 4.78. The summed E-state index contributed by atoms with van der Waals surface area (Å²) in [6.45, 7) is 3.76. The van der Waals surface area contributed by atoms with Gasteiger partial charge in [-0.25, -0.2) is 9.59 Å². The Hall–Kier alpha value is -1.46. The Bertz CT molecular complexity index is 486. The first kappa shape index (κ1) is 16.6. The zero-order valence-electron chi connectivity index (χ0n) is 11.1. The van der Waals surface area contributed by atoms with Gasteiger partial charge >= 0.3 is 12.0 Å². The van der Waals surface area contributed by atoms with Gasteiger partial charge in [0.1, 0.15) is 6.04 Å². The molecule has 1 aromatic rings. The molecule has 0 aromatic heterocycles. The van der Waals surface area contributed by atoms with E-state index in [1.165, 1.54) is 18.2 Å². The molecule has 110 valence electrons. The number of anilines is 1. The van der Waals surface area contributed by atoms with E-state index in [9.17, 15) is 9.59 Å². The molecule has 1 rings (SSSR count). The molecule has 0 fully saturated rings. The Morgan fingerprint density at radius 1 is 1.20 bits per heavy atom. The molecule has 1 aromatic carbocycles. The summed E-state index contributed by atoms with van der Waals surface area (Å²) < 4.78 is 0. The van der Waals surface area contributed by atoms with Gasteiger partial charge in [-0.15, -0.1) is 0 Å². The first-order valence-electron chi connectivity index (χ1n) is 6.04. The van der Waals surface area contributed by atoms with Crippen molar-refractivity contribution in [3.05, 3.63) is 28.2 Å². The molecule has 0 spiro atoms. The summed E-state index contributed by atoms with van der Waals surface area (Å²) in [5.74, 6) is -0.921. The van der Waals surface area contributed by atoms with E-state index < -0.39 is 18.0 Å². The van der Waals surface area contributed by atoms with Crippen molar-refractivity contribution in [1.82, 2.24) is 5.32 Å². The number of amides is 2. The molecule has 0 aliphatic rings. The van der Waals surface area contributed by atoms with Crippen molar-refractivity contribution < 1.29 is 14.7 Å². The number of urea groups is 1. The predicted molar refractivity (Wildman–Crippen MR) is 79.5 cm³/mol. The normalized spacial score (nSPS) is 12.1. The number of benzene rings is 1. The summed E-state index contributed by atoms with van der Waals surface area (Å²) >= 11 is 11.6. The van der Waals surface area contributed by atoms with Crippen LogP contribution in [0.25, 0.3) is 0 Å². The van der Waals surface area contributed by atoms with Crippen molar-refractivity contribution in [2.24, 2.45) is 5.92 Å². The minimum Gasteiger partial charge on any atom is -0.480 e. The molecule has 0 unspecified atom stereocenters. The fraction of sp³-hybridized carbons (Fsp3) is 0.385. The van der Waals surface area contributed by atoms with Crippen LogP contribution >= 0.6 is 23.2 Å².